The summed E-state index contributed by atoms with van der Waals surface area (Å²) in [5, 5.41) is 14.4. The first-order valence-corrected chi connectivity index (χ1v) is 16.8. The molecule has 0 atom stereocenters. The standard InChI is InChI=1S/C44H41N3O/c1-28(2)34-20-35(29(3)4)22-36(21-34)37-23-38(43(48)41(24-37)42-27-46-44(47-42)30-12-6-5-7-13-30)18-31-14-8-9-15-32(31)19-39-26-45-25-33-16-10-11-17-40(33)39/h5-17,20-29,48H,18-19H2,1-4H3,(H,46,47). The molecule has 2 aromatic heterocycles. The van der Waals surface area contributed by atoms with E-state index in [0.29, 0.717) is 18.3 Å². The molecule has 0 unspecified atom stereocenters. The Morgan fingerprint density at radius 2 is 1.21 bits per heavy atom. The van der Waals surface area contributed by atoms with Crippen LogP contribution in [0.2, 0.25) is 0 Å². The number of hydrogen-bond donors (Lipinski definition) is 2. The van der Waals surface area contributed by atoms with Crippen molar-refractivity contribution < 1.29 is 5.11 Å². The van der Waals surface area contributed by atoms with Crippen molar-refractivity contribution in [2.24, 2.45) is 0 Å². The van der Waals surface area contributed by atoms with Gasteiger partial charge >= 0.3 is 0 Å². The molecule has 7 aromatic rings. The molecule has 0 bridgehead atoms. The minimum atomic E-state index is 0.271. The first kappa shape index (κ1) is 31.1. The molecule has 48 heavy (non-hydrogen) atoms. The smallest absolute Gasteiger partial charge is 0.137 e. The molecule has 0 aliphatic carbocycles. The van der Waals surface area contributed by atoms with Gasteiger partial charge in [-0.2, -0.15) is 0 Å². The minimum absolute atomic E-state index is 0.271. The van der Waals surface area contributed by atoms with Gasteiger partial charge in [-0.15, -0.1) is 0 Å². The summed E-state index contributed by atoms with van der Waals surface area (Å²) in [5.74, 6) is 1.84. The van der Waals surface area contributed by atoms with Gasteiger partial charge in [0.2, 0.25) is 0 Å². The molecule has 0 fully saturated rings. The molecule has 0 aliphatic heterocycles. The largest absolute Gasteiger partial charge is 0.507 e. The number of phenolic OH excluding ortho intramolecular Hbond substituents is 1. The fourth-order valence-electron chi connectivity index (χ4n) is 6.54. The van der Waals surface area contributed by atoms with Crippen molar-refractivity contribution in [3.8, 4) is 39.5 Å². The van der Waals surface area contributed by atoms with Crippen LogP contribution < -0.4 is 0 Å². The summed E-state index contributed by atoms with van der Waals surface area (Å²) in [6.45, 7) is 8.98. The highest BCUT2D eigenvalue weighted by Gasteiger charge is 2.19. The molecule has 0 saturated heterocycles. The summed E-state index contributed by atoms with van der Waals surface area (Å²) in [7, 11) is 0. The van der Waals surface area contributed by atoms with Crippen LogP contribution in [0.4, 0.5) is 0 Å². The summed E-state index contributed by atoms with van der Waals surface area (Å²) in [6.07, 6.45) is 7.07. The van der Waals surface area contributed by atoms with Crippen molar-refractivity contribution in [1.82, 2.24) is 15.0 Å². The van der Waals surface area contributed by atoms with E-state index in [1.165, 1.54) is 33.2 Å². The Morgan fingerprint density at radius 3 is 1.92 bits per heavy atom. The predicted molar refractivity (Wildman–Crippen MR) is 199 cm³/mol. The molecule has 0 amide bonds. The lowest BCUT2D eigenvalue weighted by Gasteiger charge is -2.18. The number of phenols is 1. The molecule has 2 N–H and O–H groups in total. The van der Waals surface area contributed by atoms with E-state index in [0.717, 1.165) is 51.1 Å². The quantitative estimate of drug-likeness (QED) is 0.167. The molecule has 2 heterocycles. The molecule has 5 aromatic carbocycles. The van der Waals surface area contributed by atoms with Crippen LogP contribution in [0.3, 0.4) is 0 Å². The van der Waals surface area contributed by atoms with E-state index >= 15 is 0 Å². The molecule has 7 rings (SSSR count). The third kappa shape index (κ3) is 6.39. The summed E-state index contributed by atoms with van der Waals surface area (Å²) in [4.78, 5) is 12.7. The highest BCUT2D eigenvalue weighted by molar-refractivity contribution is 5.85. The summed E-state index contributed by atoms with van der Waals surface area (Å²) in [5.41, 5.74) is 11.9. The van der Waals surface area contributed by atoms with E-state index in [-0.39, 0.29) is 5.75 Å². The molecule has 0 aliphatic rings. The van der Waals surface area contributed by atoms with Crippen LogP contribution in [0.5, 0.6) is 5.75 Å². The van der Waals surface area contributed by atoms with E-state index in [2.05, 4.69) is 117 Å². The number of H-pyrrole nitrogens is 1. The molecule has 0 saturated carbocycles. The number of hydrogen-bond acceptors (Lipinski definition) is 3. The average Bonchev–Trinajstić information content (AvgIpc) is 3.60. The van der Waals surface area contributed by atoms with Crippen molar-refractivity contribution in [2.45, 2.75) is 52.4 Å². The molecule has 4 nitrogen and oxygen atoms in total. The number of benzene rings is 5. The normalized spacial score (nSPS) is 11.5. The van der Waals surface area contributed by atoms with E-state index in [1.807, 2.05) is 48.9 Å². The zero-order valence-electron chi connectivity index (χ0n) is 28.0. The minimum Gasteiger partial charge on any atom is -0.507 e. The fraction of sp³-hybridized carbons (Fsp3) is 0.182. The number of aromatic hydroxyl groups is 1. The van der Waals surface area contributed by atoms with Gasteiger partial charge < -0.3 is 10.1 Å². The Bertz CT molecular complexity index is 2180. The van der Waals surface area contributed by atoms with Gasteiger partial charge in [0.05, 0.1) is 11.9 Å². The van der Waals surface area contributed by atoms with Gasteiger partial charge in [0.25, 0.3) is 0 Å². The van der Waals surface area contributed by atoms with Crippen LogP contribution in [-0.2, 0) is 12.8 Å². The zero-order valence-corrected chi connectivity index (χ0v) is 28.0. The Morgan fingerprint density at radius 1 is 0.583 bits per heavy atom. The third-order valence-electron chi connectivity index (χ3n) is 9.38. The second-order valence-corrected chi connectivity index (χ2v) is 13.4. The number of pyridine rings is 1. The summed E-state index contributed by atoms with van der Waals surface area (Å²) >= 11 is 0. The van der Waals surface area contributed by atoms with Gasteiger partial charge in [0.1, 0.15) is 11.6 Å². The number of aromatic nitrogens is 3. The van der Waals surface area contributed by atoms with Crippen molar-refractivity contribution in [1.29, 1.82) is 0 Å². The van der Waals surface area contributed by atoms with Gasteiger partial charge in [0, 0.05) is 35.3 Å². The fourth-order valence-corrected chi connectivity index (χ4v) is 6.54. The molecular weight excluding hydrogens is 587 g/mol. The topological polar surface area (TPSA) is 61.8 Å². The number of nitrogens with one attached hydrogen (secondary N) is 1. The molecule has 238 valence electrons. The van der Waals surface area contributed by atoms with E-state index in [9.17, 15) is 5.11 Å². The monoisotopic (exact) mass is 627 g/mol. The van der Waals surface area contributed by atoms with E-state index in [1.54, 1.807) is 0 Å². The van der Waals surface area contributed by atoms with Crippen molar-refractivity contribution >= 4 is 10.8 Å². The number of aromatic amines is 1. The maximum absolute atomic E-state index is 12.0. The van der Waals surface area contributed by atoms with Gasteiger partial charge in [-0.25, -0.2) is 4.98 Å². The lowest BCUT2D eigenvalue weighted by molar-refractivity contribution is 0.471. The number of rotatable bonds is 9. The summed E-state index contributed by atoms with van der Waals surface area (Å²) < 4.78 is 0. The first-order chi connectivity index (χ1) is 23.3. The van der Waals surface area contributed by atoms with Crippen LogP contribution >= 0.6 is 0 Å². The van der Waals surface area contributed by atoms with Crippen LogP contribution in [0.1, 0.15) is 72.9 Å². The second kappa shape index (κ2) is 13.3. The number of fused-ring (bicyclic) bond motifs is 1. The van der Waals surface area contributed by atoms with Gasteiger partial charge in [0.15, 0.2) is 0 Å². The SMILES string of the molecule is CC(C)c1cc(-c2cc(Cc3ccccc3Cc3cncc4ccccc34)c(O)c(-c3cnc(-c4ccccc4)[nH]3)c2)cc(C(C)C)c1. The third-order valence-corrected chi connectivity index (χ3v) is 9.38. The predicted octanol–water partition coefficient (Wildman–Crippen LogP) is 11.1. The molecule has 0 spiro atoms. The second-order valence-electron chi connectivity index (χ2n) is 13.4. The Hall–Kier alpha value is -5.48. The lowest BCUT2D eigenvalue weighted by atomic mass is 9.88. The average molecular weight is 628 g/mol. The maximum atomic E-state index is 12.0. The molecular formula is C44H41N3O. The maximum Gasteiger partial charge on any atom is 0.137 e. The van der Waals surface area contributed by atoms with Crippen LogP contribution in [0.25, 0.3) is 44.5 Å². The van der Waals surface area contributed by atoms with Crippen LogP contribution in [-0.4, -0.2) is 20.1 Å². The highest BCUT2D eigenvalue weighted by atomic mass is 16.3. The van der Waals surface area contributed by atoms with Crippen molar-refractivity contribution in [2.75, 3.05) is 0 Å². The van der Waals surface area contributed by atoms with Gasteiger partial charge in [-0.05, 0) is 80.3 Å². The molecule has 4 heteroatoms. The zero-order chi connectivity index (χ0) is 33.2. The summed E-state index contributed by atoms with van der Waals surface area (Å²) in [6, 6.07) is 38.3. The van der Waals surface area contributed by atoms with Crippen molar-refractivity contribution in [3.63, 3.8) is 0 Å². The number of imidazole rings is 1. The Balaban J connectivity index is 1.35. The first-order valence-electron chi connectivity index (χ1n) is 16.8. The Kier molecular flexibility index (Phi) is 8.65. The number of nitrogens with zero attached hydrogens (tertiary/aromatic N) is 2. The lowest BCUT2D eigenvalue weighted by Crippen LogP contribution is -2.00. The van der Waals surface area contributed by atoms with E-state index < -0.39 is 0 Å². The van der Waals surface area contributed by atoms with Crippen LogP contribution in [0.15, 0.2) is 128 Å². The Labute approximate surface area is 283 Å². The van der Waals surface area contributed by atoms with E-state index in [4.69, 9.17) is 4.98 Å². The van der Waals surface area contributed by atoms with Crippen molar-refractivity contribution in [3.05, 3.63) is 161 Å². The van der Waals surface area contributed by atoms with Crippen LogP contribution in [0, 0.1) is 0 Å². The van der Waals surface area contributed by atoms with Gasteiger partial charge in [-0.1, -0.05) is 125 Å². The highest BCUT2D eigenvalue weighted by Crippen LogP contribution is 2.40. The molecule has 0 radical (unpaired) electrons. The van der Waals surface area contributed by atoms with Gasteiger partial charge in [-0.3, -0.25) is 4.98 Å².